The number of halogens is 1. The van der Waals surface area contributed by atoms with Crippen molar-refractivity contribution in [1.29, 1.82) is 0 Å². The number of ether oxygens (including phenoxy) is 2. The molecule has 2 saturated heterocycles. The van der Waals surface area contributed by atoms with E-state index in [-0.39, 0.29) is 24.1 Å². The van der Waals surface area contributed by atoms with Gasteiger partial charge in [0.15, 0.2) is 5.79 Å². The molecule has 8 heteroatoms. The summed E-state index contributed by atoms with van der Waals surface area (Å²) in [5.74, 6) is 0.563. The van der Waals surface area contributed by atoms with Crippen LogP contribution < -0.4 is 5.46 Å². The van der Waals surface area contributed by atoms with Crippen LogP contribution in [0.4, 0.5) is 4.39 Å². The third-order valence-corrected chi connectivity index (χ3v) is 6.87. The minimum Gasteiger partial charge on any atom is -0.399 e. The first-order chi connectivity index (χ1) is 15.3. The number of hydrogen-bond acceptors (Lipinski definition) is 5. The van der Waals surface area contributed by atoms with Crippen molar-refractivity contribution in [1.82, 2.24) is 9.78 Å². The maximum Gasteiger partial charge on any atom is 0.498 e. The Morgan fingerprint density at radius 2 is 1.48 bits per heavy atom. The zero-order valence-electron chi connectivity index (χ0n) is 22.3. The molecule has 0 amide bonds. The minimum absolute atomic E-state index is 0.321. The molecule has 2 aliphatic heterocycles. The molecular formula is C25H46BFN2O4. The summed E-state index contributed by atoms with van der Waals surface area (Å²) in [4.78, 5) is 0. The molecule has 0 N–H and O–H groups in total. The highest BCUT2D eigenvalue weighted by Crippen LogP contribution is 2.40. The van der Waals surface area contributed by atoms with Crippen LogP contribution in [0.5, 0.6) is 0 Å². The van der Waals surface area contributed by atoms with Crippen LogP contribution in [0.25, 0.3) is 0 Å². The first-order valence-electron chi connectivity index (χ1n) is 12.6. The van der Waals surface area contributed by atoms with Crippen molar-refractivity contribution in [2.75, 3.05) is 13.2 Å². The third-order valence-electron chi connectivity index (χ3n) is 6.87. The summed E-state index contributed by atoms with van der Waals surface area (Å²) >= 11 is 0. The maximum absolute atomic E-state index is 11.0. The molecule has 6 nitrogen and oxygen atoms in total. The Morgan fingerprint density at radius 1 is 1.03 bits per heavy atom. The number of hydrogen-bond donors (Lipinski definition) is 0. The Balaban J connectivity index is 0.000000368. The lowest BCUT2D eigenvalue weighted by Crippen LogP contribution is -2.41. The molecule has 33 heavy (non-hydrogen) atoms. The highest BCUT2D eigenvalue weighted by molar-refractivity contribution is 6.62. The lowest BCUT2D eigenvalue weighted by molar-refractivity contribution is -0.181. The molecule has 190 valence electrons. The van der Waals surface area contributed by atoms with E-state index >= 15 is 0 Å². The average Bonchev–Trinajstić information content (AvgIpc) is 3.42. The molecule has 0 atom stereocenters. The van der Waals surface area contributed by atoms with Gasteiger partial charge in [-0.05, 0) is 60.3 Å². The smallest absolute Gasteiger partial charge is 0.399 e. The van der Waals surface area contributed by atoms with Gasteiger partial charge in [0.2, 0.25) is 0 Å². The van der Waals surface area contributed by atoms with Crippen molar-refractivity contribution in [3.8, 4) is 0 Å². The molecule has 0 aromatic carbocycles. The quantitative estimate of drug-likeness (QED) is 0.552. The Labute approximate surface area is 201 Å². The van der Waals surface area contributed by atoms with Gasteiger partial charge in [0.25, 0.3) is 0 Å². The van der Waals surface area contributed by atoms with Gasteiger partial charge in [-0.25, -0.2) is 4.39 Å². The summed E-state index contributed by atoms with van der Waals surface area (Å²) in [6.45, 7) is 19.4. The number of alkyl halides is 1. The molecule has 3 aliphatic rings. The molecule has 1 aromatic heterocycles. The molecule has 1 spiro atoms. The van der Waals surface area contributed by atoms with Crippen molar-refractivity contribution in [2.24, 2.45) is 5.92 Å². The highest BCUT2D eigenvalue weighted by Gasteiger charge is 2.52. The van der Waals surface area contributed by atoms with Crippen molar-refractivity contribution in [3.05, 3.63) is 12.4 Å². The van der Waals surface area contributed by atoms with Gasteiger partial charge >= 0.3 is 7.12 Å². The summed E-state index contributed by atoms with van der Waals surface area (Å²) < 4.78 is 36.9. The van der Waals surface area contributed by atoms with E-state index in [1.807, 2.05) is 6.20 Å². The van der Waals surface area contributed by atoms with Gasteiger partial charge in [-0.2, -0.15) is 5.10 Å². The number of rotatable bonds is 3. The molecule has 0 unspecified atom stereocenters. The van der Waals surface area contributed by atoms with E-state index in [4.69, 9.17) is 18.8 Å². The van der Waals surface area contributed by atoms with E-state index in [2.05, 4.69) is 64.4 Å². The normalized spacial score (nSPS) is 23.5. The van der Waals surface area contributed by atoms with Gasteiger partial charge in [0.1, 0.15) is 0 Å². The van der Waals surface area contributed by atoms with Gasteiger partial charge in [0.05, 0.1) is 36.6 Å². The topological polar surface area (TPSA) is 54.7 Å². The van der Waals surface area contributed by atoms with Crippen molar-refractivity contribution < 1.29 is 23.2 Å². The summed E-state index contributed by atoms with van der Waals surface area (Å²) in [7, 11) is -0.347. The molecule has 3 fully saturated rings. The van der Waals surface area contributed by atoms with Gasteiger partial charge in [-0.3, -0.25) is 4.68 Å². The Morgan fingerprint density at radius 3 is 1.91 bits per heavy atom. The van der Waals surface area contributed by atoms with Crippen LogP contribution in [0, 0.1) is 5.92 Å². The van der Waals surface area contributed by atoms with Gasteiger partial charge < -0.3 is 18.8 Å². The molecule has 4 rings (SSSR count). The van der Waals surface area contributed by atoms with Crippen LogP contribution in [0.2, 0.25) is 0 Å². The lowest BCUT2D eigenvalue weighted by atomic mass is 9.82. The molecule has 3 heterocycles. The summed E-state index contributed by atoms with van der Waals surface area (Å²) in [6, 6.07) is 0.389. The lowest BCUT2D eigenvalue weighted by Gasteiger charge is -2.35. The zero-order valence-corrected chi connectivity index (χ0v) is 22.3. The monoisotopic (exact) mass is 468 g/mol. The van der Waals surface area contributed by atoms with Crippen molar-refractivity contribution in [3.63, 3.8) is 0 Å². The Bertz CT molecular complexity index is 688. The standard InChI is InChI=1S/C17H27BN2O4.C5H12.C3H7F/c1-15(2)16(3,4)24-18(23-15)13-11-19-20(12-13)14-5-7-17(8-6-14)21-9-10-22-17;1-4-5(2)3;1-3(2)4/h11-12,14H,5-10H2,1-4H3;5H,4H2,1-3H3;3H,1-2H3. The molecule has 1 aliphatic carbocycles. The van der Waals surface area contributed by atoms with E-state index < -0.39 is 6.17 Å². The zero-order chi connectivity index (χ0) is 24.9. The Hall–Kier alpha value is -0.955. The van der Waals surface area contributed by atoms with E-state index in [9.17, 15) is 4.39 Å². The van der Waals surface area contributed by atoms with Crippen molar-refractivity contribution >= 4 is 12.6 Å². The third kappa shape index (κ3) is 7.77. The van der Waals surface area contributed by atoms with E-state index in [1.54, 1.807) is 0 Å². The molecular weight excluding hydrogens is 422 g/mol. The van der Waals surface area contributed by atoms with Crippen LogP contribution in [0.1, 0.15) is 100 Å². The highest BCUT2D eigenvalue weighted by atomic mass is 19.1. The second kappa shape index (κ2) is 11.7. The first-order valence-corrected chi connectivity index (χ1v) is 12.6. The van der Waals surface area contributed by atoms with E-state index in [0.29, 0.717) is 6.04 Å². The fraction of sp³-hybridized carbons (Fsp3) is 0.880. The molecule has 1 aromatic rings. The average molecular weight is 468 g/mol. The van der Waals surface area contributed by atoms with Crippen LogP contribution >= 0.6 is 0 Å². The predicted octanol–water partition coefficient (Wildman–Crippen LogP) is 5.46. The Kier molecular flexibility index (Phi) is 9.99. The van der Waals surface area contributed by atoms with Gasteiger partial charge in [-0.1, -0.05) is 27.2 Å². The largest absolute Gasteiger partial charge is 0.498 e. The van der Waals surface area contributed by atoms with Crippen molar-refractivity contribution in [2.45, 2.75) is 124 Å². The molecule has 0 radical (unpaired) electrons. The summed E-state index contributed by atoms with van der Waals surface area (Å²) in [5, 5.41) is 4.57. The molecule has 1 saturated carbocycles. The second-order valence-corrected chi connectivity index (χ2v) is 11.0. The number of aromatic nitrogens is 2. The fourth-order valence-corrected chi connectivity index (χ4v) is 3.75. The van der Waals surface area contributed by atoms with E-state index in [1.165, 1.54) is 20.3 Å². The van der Waals surface area contributed by atoms with Crippen LogP contribution in [0.15, 0.2) is 12.4 Å². The SMILES string of the molecule is CC(C)F.CC1(C)OB(c2cnn(C3CCC4(CC3)OCCO4)c2)OC1(C)C.CCC(C)C. The van der Waals surface area contributed by atoms with Gasteiger partial charge in [0, 0.05) is 30.7 Å². The molecule has 0 bridgehead atoms. The first kappa shape index (κ1) is 28.3. The van der Waals surface area contributed by atoms with Crippen LogP contribution in [-0.4, -0.2) is 53.3 Å². The summed E-state index contributed by atoms with van der Waals surface area (Å²) in [5.41, 5.74) is 0.338. The maximum atomic E-state index is 11.0. The van der Waals surface area contributed by atoms with E-state index in [0.717, 1.165) is 50.3 Å². The second-order valence-electron chi connectivity index (χ2n) is 11.0. The van der Waals surface area contributed by atoms with Crippen LogP contribution in [0.3, 0.4) is 0 Å². The predicted molar refractivity (Wildman–Crippen MR) is 131 cm³/mol. The van der Waals surface area contributed by atoms with Crippen LogP contribution in [-0.2, 0) is 18.8 Å². The summed E-state index contributed by atoms with van der Waals surface area (Å²) in [6.07, 6.45) is 8.48. The minimum atomic E-state index is -0.667. The number of nitrogens with zero attached hydrogens (tertiary/aromatic N) is 2. The van der Waals surface area contributed by atoms with Gasteiger partial charge in [-0.15, -0.1) is 0 Å². The fourth-order valence-electron chi connectivity index (χ4n) is 3.75.